The van der Waals surface area contributed by atoms with Crippen LogP contribution in [0.25, 0.3) is 0 Å². The van der Waals surface area contributed by atoms with E-state index < -0.39 is 5.97 Å². The Balaban J connectivity index is 2.61. The van der Waals surface area contributed by atoms with Gasteiger partial charge in [-0.25, -0.2) is 0 Å². The van der Waals surface area contributed by atoms with Crippen molar-refractivity contribution in [2.45, 2.75) is 46.0 Å². The molecule has 1 aromatic rings. The van der Waals surface area contributed by atoms with Crippen LogP contribution >= 0.6 is 0 Å². The molecule has 21 heavy (non-hydrogen) atoms. The first kappa shape index (κ1) is 17.2. The lowest BCUT2D eigenvalue weighted by molar-refractivity contribution is -0.144. The first-order valence-corrected chi connectivity index (χ1v) is 7.64. The Hall–Kier alpha value is -1.84. The molecule has 0 aliphatic carbocycles. The van der Waals surface area contributed by atoms with E-state index in [9.17, 15) is 9.59 Å². The normalized spacial score (nSPS) is 10.4. The average Bonchev–Trinajstić information content (AvgIpc) is 2.45. The number of rotatable bonds is 9. The van der Waals surface area contributed by atoms with E-state index in [0.29, 0.717) is 6.54 Å². The lowest BCUT2D eigenvalue weighted by Crippen LogP contribution is -2.37. The van der Waals surface area contributed by atoms with Gasteiger partial charge >= 0.3 is 5.97 Å². The summed E-state index contributed by atoms with van der Waals surface area (Å²) in [5, 5.41) is 8.85. The Morgan fingerprint density at radius 2 is 1.67 bits per heavy atom. The Labute approximate surface area is 126 Å². The molecule has 0 radical (unpaired) electrons. The first-order valence-electron chi connectivity index (χ1n) is 7.64. The number of amides is 1. The van der Waals surface area contributed by atoms with Crippen molar-refractivity contribution >= 4 is 11.9 Å². The van der Waals surface area contributed by atoms with Gasteiger partial charge in [0.1, 0.15) is 6.54 Å². The third-order valence-electron chi connectivity index (χ3n) is 3.37. The van der Waals surface area contributed by atoms with Gasteiger partial charge in [-0.2, -0.15) is 0 Å². The Morgan fingerprint density at radius 3 is 2.19 bits per heavy atom. The minimum Gasteiger partial charge on any atom is -0.480 e. The fraction of sp³-hybridized carbons (Fsp3) is 0.529. The molecular weight excluding hydrogens is 266 g/mol. The molecule has 0 heterocycles. The number of carbonyl (C=O) groups is 2. The molecule has 4 nitrogen and oxygen atoms in total. The highest BCUT2D eigenvalue weighted by Gasteiger charge is 2.16. The van der Waals surface area contributed by atoms with Crippen molar-refractivity contribution < 1.29 is 14.7 Å². The number of hydrogen-bond donors (Lipinski definition) is 1. The van der Waals surface area contributed by atoms with E-state index in [1.807, 2.05) is 19.1 Å². The lowest BCUT2D eigenvalue weighted by atomic mass is 10.0. The fourth-order valence-corrected chi connectivity index (χ4v) is 2.22. The summed E-state index contributed by atoms with van der Waals surface area (Å²) in [6, 6.07) is 8.04. The summed E-state index contributed by atoms with van der Waals surface area (Å²) >= 11 is 0. The maximum absolute atomic E-state index is 12.2. The molecule has 0 spiro atoms. The SMILES string of the molecule is CCCCc1ccc(CC(=O)N(CCC)CC(=O)O)cc1. The second-order valence-electron chi connectivity index (χ2n) is 5.31. The van der Waals surface area contributed by atoms with E-state index in [1.54, 1.807) is 0 Å². The summed E-state index contributed by atoms with van der Waals surface area (Å²) in [5.74, 6) is -1.09. The van der Waals surface area contributed by atoms with Crippen LogP contribution in [-0.2, 0) is 22.4 Å². The number of aliphatic carboxylic acids is 1. The Kier molecular flexibility index (Phi) is 7.51. The smallest absolute Gasteiger partial charge is 0.323 e. The summed E-state index contributed by atoms with van der Waals surface area (Å²) in [4.78, 5) is 24.4. The van der Waals surface area contributed by atoms with Crippen LogP contribution in [0.15, 0.2) is 24.3 Å². The zero-order chi connectivity index (χ0) is 15.7. The van der Waals surface area contributed by atoms with Crippen molar-refractivity contribution in [1.29, 1.82) is 0 Å². The molecule has 4 heteroatoms. The maximum atomic E-state index is 12.2. The molecule has 0 unspecified atom stereocenters. The van der Waals surface area contributed by atoms with E-state index in [-0.39, 0.29) is 18.9 Å². The van der Waals surface area contributed by atoms with Crippen LogP contribution in [0, 0.1) is 0 Å². The highest BCUT2D eigenvalue weighted by molar-refractivity contribution is 5.83. The Bertz CT molecular complexity index is 454. The van der Waals surface area contributed by atoms with E-state index in [4.69, 9.17) is 5.11 Å². The van der Waals surface area contributed by atoms with Crippen LogP contribution in [0.2, 0.25) is 0 Å². The highest BCUT2D eigenvalue weighted by atomic mass is 16.4. The summed E-state index contributed by atoms with van der Waals surface area (Å²) in [6.07, 6.45) is 4.42. The summed E-state index contributed by atoms with van der Waals surface area (Å²) in [5.41, 5.74) is 2.22. The molecule has 1 rings (SSSR count). The molecule has 1 aromatic carbocycles. The largest absolute Gasteiger partial charge is 0.480 e. The number of carboxylic acid groups (broad SMARTS) is 1. The monoisotopic (exact) mass is 291 g/mol. The molecule has 0 atom stereocenters. The van der Waals surface area contributed by atoms with Gasteiger partial charge in [-0.15, -0.1) is 0 Å². The average molecular weight is 291 g/mol. The molecule has 0 saturated carbocycles. The fourth-order valence-electron chi connectivity index (χ4n) is 2.22. The van der Waals surface area contributed by atoms with Crippen LogP contribution in [0.1, 0.15) is 44.2 Å². The van der Waals surface area contributed by atoms with E-state index in [1.165, 1.54) is 23.3 Å². The second kappa shape index (κ2) is 9.16. The summed E-state index contributed by atoms with van der Waals surface area (Å²) < 4.78 is 0. The first-order chi connectivity index (χ1) is 10.1. The molecule has 1 amide bonds. The number of aryl methyl sites for hydroxylation is 1. The van der Waals surface area contributed by atoms with Crippen molar-refractivity contribution in [2.24, 2.45) is 0 Å². The molecule has 0 fully saturated rings. The van der Waals surface area contributed by atoms with Crippen molar-refractivity contribution in [3.05, 3.63) is 35.4 Å². The van der Waals surface area contributed by atoms with Crippen molar-refractivity contribution in [3.8, 4) is 0 Å². The molecule has 0 aliphatic heterocycles. The second-order valence-corrected chi connectivity index (χ2v) is 5.31. The predicted molar refractivity (Wildman–Crippen MR) is 83.3 cm³/mol. The molecule has 1 N–H and O–H groups in total. The third kappa shape index (κ3) is 6.43. The number of hydrogen-bond acceptors (Lipinski definition) is 2. The maximum Gasteiger partial charge on any atom is 0.323 e. The lowest BCUT2D eigenvalue weighted by Gasteiger charge is -2.20. The highest BCUT2D eigenvalue weighted by Crippen LogP contribution is 2.10. The number of benzene rings is 1. The molecule has 0 aromatic heterocycles. The molecule has 0 aliphatic rings. The van der Waals surface area contributed by atoms with Gasteiger partial charge in [0, 0.05) is 6.54 Å². The van der Waals surface area contributed by atoms with Gasteiger partial charge < -0.3 is 10.0 Å². The predicted octanol–water partition coefficient (Wildman–Crippen LogP) is 2.89. The Morgan fingerprint density at radius 1 is 1.05 bits per heavy atom. The number of unbranched alkanes of at least 4 members (excludes halogenated alkanes) is 1. The number of carbonyl (C=O) groups excluding carboxylic acids is 1. The van der Waals surface area contributed by atoms with Crippen LogP contribution < -0.4 is 0 Å². The van der Waals surface area contributed by atoms with Gasteiger partial charge in [0.05, 0.1) is 6.42 Å². The van der Waals surface area contributed by atoms with Gasteiger partial charge in [-0.1, -0.05) is 44.5 Å². The van der Waals surface area contributed by atoms with Crippen LogP contribution in [0.4, 0.5) is 0 Å². The molecular formula is C17H25NO3. The minimum absolute atomic E-state index is 0.124. The third-order valence-corrected chi connectivity index (χ3v) is 3.37. The number of carboxylic acids is 1. The van der Waals surface area contributed by atoms with Crippen LogP contribution in [0.3, 0.4) is 0 Å². The van der Waals surface area contributed by atoms with Crippen LogP contribution in [0.5, 0.6) is 0 Å². The van der Waals surface area contributed by atoms with Gasteiger partial charge in [0.25, 0.3) is 0 Å². The van der Waals surface area contributed by atoms with Gasteiger partial charge in [0.15, 0.2) is 0 Å². The minimum atomic E-state index is -0.966. The van der Waals surface area contributed by atoms with Crippen molar-refractivity contribution in [2.75, 3.05) is 13.1 Å². The van der Waals surface area contributed by atoms with E-state index >= 15 is 0 Å². The number of nitrogens with zero attached hydrogens (tertiary/aromatic N) is 1. The van der Waals surface area contributed by atoms with Gasteiger partial charge in [0.2, 0.25) is 5.91 Å². The topological polar surface area (TPSA) is 57.6 Å². The molecule has 116 valence electrons. The molecule has 0 saturated heterocycles. The molecule has 0 bridgehead atoms. The van der Waals surface area contributed by atoms with E-state index in [2.05, 4.69) is 19.1 Å². The van der Waals surface area contributed by atoms with Crippen LogP contribution in [-0.4, -0.2) is 35.0 Å². The van der Waals surface area contributed by atoms with E-state index in [0.717, 1.165) is 18.4 Å². The van der Waals surface area contributed by atoms with Crippen molar-refractivity contribution in [3.63, 3.8) is 0 Å². The zero-order valence-electron chi connectivity index (χ0n) is 13.0. The zero-order valence-corrected chi connectivity index (χ0v) is 13.0. The summed E-state index contributed by atoms with van der Waals surface area (Å²) in [6.45, 7) is 4.36. The van der Waals surface area contributed by atoms with Gasteiger partial charge in [-0.3, -0.25) is 9.59 Å². The van der Waals surface area contributed by atoms with Gasteiger partial charge in [-0.05, 0) is 30.4 Å². The standard InChI is InChI=1S/C17H25NO3/c1-3-5-6-14-7-9-15(10-8-14)12-16(19)18(11-4-2)13-17(20)21/h7-10H,3-6,11-13H2,1-2H3,(H,20,21). The quantitative estimate of drug-likeness (QED) is 0.761. The summed E-state index contributed by atoms with van der Waals surface area (Å²) in [7, 11) is 0. The van der Waals surface area contributed by atoms with Crippen molar-refractivity contribution in [1.82, 2.24) is 4.90 Å².